The highest BCUT2D eigenvalue weighted by molar-refractivity contribution is 5.88. The van der Waals surface area contributed by atoms with Crippen LogP contribution in [0.2, 0.25) is 0 Å². The maximum Gasteiger partial charge on any atom is 0.307 e. The van der Waals surface area contributed by atoms with Crippen LogP contribution in [0.1, 0.15) is 25.3 Å². The average molecular weight is 406 g/mol. The van der Waals surface area contributed by atoms with Crippen molar-refractivity contribution in [3.63, 3.8) is 0 Å². The Morgan fingerprint density at radius 3 is 2.72 bits per heavy atom. The second kappa shape index (κ2) is 10.5. The van der Waals surface area contributed by atoms with Gasteiger partial charge in [-0.05, 0) is 24.0 Å². The van der Waals surface area contributed by atoms with Gasteiger partial charge < -0.3 is 14.8 Å². The van der Waals surface area contributed by atoms with E-state index in [0.717, 1.165) is 11.3 Å². The van der Waals surface area contributed by atoms with E-state index in [1.807, 2.05) is 24.3 Å². The first kappa shape index (κ1) is 22.3. The van der Waals surface area contributed by atoms with E-state index in [0.29, 0.717) is 13.0 Å². The van der Waals surface area contributed by atoms with Crippen LogP contribution in [-0.4, -0.2) is 49.4 Å². The van der Waals surface area contributed by atoms with Crippen LogP contribution in [0.25, 0.3) is 0 Å². The van der Waals surface area contributed by atoms with E-state index >= 15 is 0 Å². The van der Waals surface area contributed by atoms with Crippen LogP contribution in [0.3, 0.4) is 0 Å². The Morgan fingerprint density at radius 1 is 1.31 bits per heavy atom. The molecule has 1 aliphatic carbocycles. The Bertz CT molecular complexity index is 765. The summed E-state index contributed by atoms with van der Waals surface area (Å²) in [6.45, 7) is 1.31. The van der Waals surface area contributed by atoms with Crippen molar-refractivity contribution in [3.05, 3.63) is 39.9 Å². The number of methoxy groups -OCH3 is 1. The maximum absolute atomic E-state index is 12.1. The van der Waals surface area contributed by atoms with Crippen LogP contribution in [0.5, 0.6) is 5.75 Å². The third-order valence-corrected chi connectivity index (χ3v) is 5.20. The summed E-state index contributed by atoms with van der Waals surface area (Å²) in [5.41, 5.74) is 0.943. The molecule has 0 saturated heterocycles. The minimum atomic E-state index is -0.725. The number of Topliss-reactive ketones (excluding diaryl/α,β-unsaturated/α-hetero) is 1. The van der Waals surface area contributed by atoms with Crippen molar-refractivity contribution in [2.45, 2.75) is 26.2 Å². The van der Waals surface area contributed by atoms with Gasteiger partial charge in [0, 0.05) is 29.7 Å². The number of nitro groups is 1. The SMILES string of the molecule is COc1ccccc1CCNC(=O)COC(=O)C[C@@H]1C(=O)C[C@@H](C)[C@H]1C[N+](=O)[O-]. The van der Waals surface area contributed by atoms with Crippen molar-refractivity contribution in [3.8, 4) is 5.75 Å². The Labute approximate surface area is 168 Å². The van der Waals surface area contributed by atoms with Gasteiger partial charge in [-0.25, -0.2) is 0 Å². The van der Waals surface area contributed by atoms with Crippen LogP contribution in [0.4, 0.5) is 0 Å². The number of benzene rings is 1. The molecule has 9 nitrogen and oxygen atoms in total. The molecule has 1 fully saturated rings. The normalized spacial score (nSPS) is 20.9. The second-order valence-electron chi connectivity index (χ2n) is 7.21. The number of hydrogen-bond donors (Lipinski definition) is 1. The van der Waals surface area contributed by atoms with E-state index in [2.05, 4.69) is 5.32 Å². The molecule has 0 spiro atoms. The lowest BCUT2D eigenvalue weighted by atomic mass is 9.88. The number of ether oxygens (including phenoxy) is 2. The highest BCUT2D eigenvalue weighted by Crippen LogP contribution is 2.36. The molecule has 0 unspecified atom stereocenters. The van der Waals surface area contributed by atoms with Crippen molar-refractivity contribution in [2.75, 3.05) is 26.8 Å². The molecule has 1 N–H and O–H groups in total. The number of nitrogens with zero attached hydrogens (tertiary/aromatic N) is 1. The van der Waals surface area contributed by atoms with Gasteiger partial charge in [-0.2, -0.15) is 0 Å². The number of carbonyl (C=O) groups excluding carboxylic acids is 3. The minimum Gasteiger partial charge on any atom is -0.496 e. The van der Waals surface area contributed by atoms with Gasteiger partial charge in [0.05, 0.1) is 13.5 Å². The van der Waals surface area contributed by atoms with Gasteiger partial charge in [-0.3, -0.25) is 24.5 Å². The summed E-state index contributed by atoms with van der Waals surface area (Å²) >= 11 is 0. The molecule has 0 aromatic heterocycles. The number of esters is 1. The number of ketones is 1. The zero-order chi connectivity index (χ0) is 21.4. The van der Waals surface area contributed by atoms with E-state index < -0.39 is 35.2 Å². The molecule has 0 radical (unpaired) electrons. The van der Waals surface area contributed by atoms with Crippen LogP contribution >= 0.6 is 0 Å². The van der Waals surface area contributed by atoms with Crippen molar-refractivity contribution in [2.24, 2.45) is 17.8 Å². The number of para-hydroxylation sites is 1. The third-order valence-electron chi connectivity index (χ3n) is 5.20. The summed E-state index contributed by atoms with van der Waals surface area (Å²) in [6, 6.07) is 7.45. The van der Waals surface area contributed by atoms with Crippen LogP contribution < -0.4 is 10.1 Å². The Kier molecular flexibility index (Phi) is 8.11. The summed E-state index contributed by atoms with van der Waals surface area (Å²) < 4.78 is 10.2. The topological polar surface area (TPSA) is 125 Å². The summed E-state index contributed by atoms with van der Waals surface area (Å²) in [7, 11) is 1.57. The molecule has 2 rings (SSSR count). The summed E-state index contributed by atoms with van der Waals surface area (Å²) in [6.07, 6.45) is 0.538. The van der Waals surface area contributed by atoms with Crippen LogP contribution in [0.15, 0.2) is 24.3 Å². The number of carbonyl (C=O) groups is 3. The molecular weight excluding hydrogens is 380 g/mol. The van der Waals surface area contributed by atoms with Gasteiger partial charge >= 0.3 is 5.97 Å². The maximum atomic E-state index is 12.1. The molecule has 1 aromatic rings. The summed E-state index contributed by atoms with van der Waals surface area (Å²) in [4.78, 5) is 46.3. The van der Waals surface area contributed by atoms with Crippen molar-refractivity contribution >= 4 is 17.7 Å². The molecule has 9 heteroatoms. The van der Waals surface area contributed by atoms with Gasteiger partial charge in [0.15, 0.2) is 6.61 Å². The molecular formula is C20H26N2O7. The molecule has 1 amide bonds. The number of nitrogens with one attached hydrogen (secondary N) is 1. The average Bonchev–Trinajstić information content (AvgIpc) is 2.93. The molecule has 3 atom stereocenters. The van der Waals surface area contributed by atoms with E-state index in [1.165, 1.54) is 0 Å². The van der Waals surface area contributed by atoms with E-state index in [-0.39, 0.29) is 31.1 Å². The van der Waals surface area contributed by atoms with E-state index in [1.54, 1.807) is 14.0 Å². The Morgan fingerprint density at radius 2 is 2.03 bits per heavy atom. The van der Waals surface area contributed by atoms with Crippen LogP contribution in [-0.2, 0) is 25.5 Å². The van der Waals surface area contributed by atoms with Crippen LogP contribution in [0, 0.1) is 27.9 Å². The first-order chi connectivity index (χ1) is 13.8. The standard InChI is InChI=1S/C20H26N2O7/c1-13-9-17(23)15(16(13)11-22(26)27)10-20(25)29-12-19(24)21-8-7-14-5-3-4-6-18(14)28-2/h3-6,13,15-16H,7-12H2,1-2H3,(H,21,24)/t13-,15+,16-/m1/s1. The molecule has 0 heterocycles. The number of hydrogen-bond acceptors (Lipinski definition) is 7. The fourth-order valence-electron chi connectivity index (χ4n) is 3.68. The third kappa shape index (κ3) is 6.55. The molecule has 1 aromatic carbocycles. The predicted molar refractivity (Wildman–Crippen MR) is 103 cm³/mol. The van der Waals surface area contributed by atoms with Gasteiger partial charge in [-0.15, -0.1) is 0 Å². The zero-order valence-electron chi connectivity index (χ0n) is 16.6. The monoisotopic (exact) mass is 406 g/mol. The van der Waals surface area contributed by atoms with Gasteiger partial charge in [0.1, 0.15) is 11.5 Å². The highest BCUT2D eigenvalue weighted by Gasteiger charge is 2.44. The van der Waals surface area contributed by atoms with E-state index in [4.69, 9.17) is 9.47 Å². The summed E-state index contributed by atoms with van der Waals surface area (Å²) in [5, 5.41) is 13.5. The number of amides is 1. The minimum absolute atomic E-state index is 0.149. The Balaban J connectivity index is 1.74. The lowest BCUT2D eigenvalue weighted by molar-refractivity contribution is -0.490. The molecule has 0 aliphatic heterocycles. The van der Waals surface area contributed by atoms with Gasteiger partial charge in [-0.1, -0.05) is 25.1 Å². The zero-order valence-corrected chi connectivity index (χ0v) is 16.6. The summed E-state index contributed by atoms with van der Waals surface area (Å²) in [5.74, 6) is -1.96. The quantitative estimate of drug-likeness (QED) is 0.354. The fraction of sp³-hybridized carbons (Fsp3) is 0.550. The molecule has 29 heavy (non-hydrogen) atoms. The molecule has 1 aliphatic rings. The van der Waals surface area contributed by atoms with Gasteiger partial charge in [0.25, 0.3) is 5.91 Å². The number of rotatable bonds is 10. The smallest absolute Gasteiger partial charge is 0.307 e. The highest BCUT2D eigenvalue weighted by atomic mass is 16.6. The first-order valence-electron chi connectivity index (χ1n) is 9.50. The molecule has 158 valence electrons. The van der Waals surface area contributed by atoms with Crippen molar-refractivity contribution in [1.82, 2.24) is 5.32 Å². The molecule has 0 bridgehead atoms. The fourth-order valence-corrected chi connectivity index (χ4v) is 3.68. The van der Waals surface area contributed by atoms with Gasteiger partial charge in [0.2, 0.25) is 6.54 Å². The second-order valence-corrected chi connectivity index (χ2v) is 7.21. The van der Waals surface area contributed by atoms with E-state index in [9.17, 15) is 24.5 Å². The largest absolute Gasteiger partial charge is 0.496 e. The predicted octanol–water partition coefficient (Wildman–Crippen LogP) is 1.41. The molecule has 1 saturated carbocycles. The van der Waals surface area contributed by atoms with Crippen molar-refractivity contribution < 1.29 is 28.8 Å². The van der Waals surface area contributed by atoms with Crippen molar-refractivity contribution in [1.29, 1.82) is 0 Å². The first-order valence-corrected chi connectivity index (χ1v) is 9.50. The lowest BCUT2D eigenvalue weighted by Gasteiger charge is -2.17. The lowest BCUT2D eigenvalue weighted by Crippen LogP contribution is -2.32. The Hall–Kier alpha value is -2.97.